The van der Waals surface area contributed by atoms with E-state index < -0.39 is 11.9 Å². The van der Waals surface area contributed by atoms with Gasteiger partial charge < -0.3 is 5.11 Å². The largest absolute Gasteiger partial charge is 0.481 e. The maximum atomic E-state index is 11.0. The summed E-state index contributed by atoms with van der Waals surface area (Å²) in [5.74, 6) is -0.574. The van der Waals surface area contributed by atoms with Gasteiger partial charge in [0.2, 0.25) is 0 Å². The molecule has 0 bridgehead atoms. The Balaban J connectivity index is 2.07. The van der Waals surface area contributed by atoms with Crippen molar-refractivity contribution >= 4 is 17.6 Å². The minimum atomic E-state index is -0.808. The number of aliphatic carboxylic acids is 1. The number of halogens is 1. The summed E-state index contributed by atoms with van der Waals surface area (Å²) >= 11 is 6.35. The third-order valence-corrected chi connectivity index (χ3v) is 4.78. The fourth-order valence-electron chi connectivity index (χ4n) is 3.02. The lowest BCUT2D eigenvalue weighted by molar-refractivity contribution is -0.138. The SMILES string of the molecule is CC(C(=O)O)c1ccc(CC2CCCCCC2)c(Cl)c1. The summed E-state index contributed by atoms with van der Waals surface area (Å²) < 4.78 is 0. The lowest BCUT2D eigenvalue weighted by Crippen LogP contribution is -2.08. The van der Waals surface area contributed by atoms with Crippen LogP contribution in [0.1, 0.15) is 62.5 Å². The number of carboxylic acids is 1. The van der Waals surface area contributed by atoms with Gasteiger partial charge in [0.05, 0.1) is 5.92 Å². The number of rotatable bonds is 4. The number of carboxylic acid groups (broad SMARTS) is 1. The Morgan fingerprint density at radius 2 is 1.95 bits per heavy atom. The van der Waals surface area contributed by atoms with Crippen LogP contribution in [0.2, 0.25) is 5.02 Å². The van der Waals surface area contributed by atoms with Crippen molar-refractivity contribution in [3.63, 3.8) is 0 Å². The zero-order valence-electron chi connectivity index (χ0n) is 12.1. The highest BCUT2D eigenvalue weighted by Gasteiger charge is 2.17. The van der Waals surface area contributed by atoms with Gasteiger partial charge in [0.1, 0.15) is 0 Å². The molecule has 1 unspecified atom stereocenters. The van der Waals surface area contributed by atoms with Crippen LogP contribution in [0, 0.1) is 5.92 Å². The molecule has 2 nitrogen and oxygen atoms in total. The van der Waals surface area contributed by atoms with E-state index in [9.17, 15) is 4.79 Å². The van der Waals surface area contributed by atoms with Crippen LogP contribution in [0.4, 0.5) is 0 Å². The fraction of sp³-hybridized carbons (Fsp3) is 0.588. The molecule has 0 heterocycles. The lowest BCUT2D eigenvalue weighted by Gasteiger charge is -2.16. The van der Waals surface area contributed by atoms with Gasteiger partial charge >= 0.3 is 5.97 Å². The van der Waals surface area contributed by atoms with Crippen LogP contribution in [-0.4, -0.2) is 11.1 Å². The molecule has 1 aliphatic rings. The molecule has 0 saturated heterocycles. The molecular formula is C17H23ClO2. The Bertz CT molecular complexity index is 462. The van der Waals surface area contributed by atoms with Gasteiger partial charge in [-0.2, -0.15) is 0 Å². The van der Waals surface area contributed by atoms with Crippen LogP contribution in [-0.2, 0) is 11.2 Å². The van der Waals surface area contributed by atoms with E-state index in [0.29, 0.717) is 0 Å². The third-order valence-electron chi connectivity index (χ3n) is 4.43. The Labute approximate surface area is 126 Å². The Morgan fingerprint density at radius 1 is 1.30 bits per heavy atom. The van der Waals surface area contributed by atoms with E-state index in [2.05, 4.69) is 0 Å². The van der Waals surface area contributed by atoms with Gasteiger partial charge in [-0.15, -0.1) is 0 Å². The smallest absolute Gasteiger partial charge is 0.310 e. The van der Waals surface area contributed by atoms with Crippen molar-refractivity contribution in [3.8, 4) is 0 Å². The molecule has 1 saturated carbocycles. The van der Waals surface area contributed by atoms with Crippen molar-refractivity contribution in [2.75, 3.05) is 0 Å². The average molecular weight is 295 g/mol. The molecule has 0 aliphatic heterocycles. The molecule has 0 spiro atoms. The first-order valence-electron chi connectivity index (χ1n) is 7.59. The maximum Gasteiger partial charge on any atom is 0.310 e. The summed E-state index contributed by atoms with van der Waals surface area (Å²) in [4.78, 5) is 11.0. The minimum absolute atomic E-state index is 0.501. The highest BCUT2D eigenvalue weighted by Crippen LogP contribution is 2.30. The standard InChI is InChI=1S/C17H23ClO2/c1-12(17(19)20)14-8-9-15(16(18)11-14)10-13-6-4-2-3-5-7-13/h8-9,11-13H,2-7,10H2,1H3,(H,19,20). The van der Waals surface area contributed by atoms with E-state index in [1.165, 1.54) is 44.1 Å². The molecule has 1 fully saturated rings. The highest BCUT2D eigenvalue weighted by atomic mass is 35.5. The molecular weight excluding hydrogens is 272 g/mol. The fourth-order valence-corrected chi connectivity index (χ4v) is 3.29. The Kier molecular flexibility index (Phi) is 5.47. The highest BCUT2D eigenvalue weighted by molar-refractivity contribution is 6.31. The molecule has 2 rings (SSSR count). The molecule has 3 heteroatoms. The molecule has 1 N–H and O–H groups in total. The van der Waals surface area contributed by atoms with Gasteiger partial charge in [-0.05, 0) is 36.5 Å². The summed E-state index contributed by atoms with van der Waals surface area (Å²) in [5, 5.41) is 9.77. The number of hydrogen-bond acceptors (Lipinski definition) is 1. The van der Waals surface area contributed by atoms with Crippen molar-refractivity contribution in [2.24, 2.45) is 5.92 Å². The quantitative estimate of drug-likeness (QED) is 0.790. The van der Waals surface area contributed by atoms with Gasteiger partial charge in [-0.1, -0.05) is 62.3 Å². The molecule has 20 heavy (non-hydrogen) atoms. The second kappa shape index (κ2) is 7.12. The van der Waals surface area contributed by atoms with Crippen molar-refractivity contribution in [1.82, 2.24) is 0 Å². The van der Waals surface area contributed by atoms with Crippen LogP contribution in [0.5, 0.6) is 0 Å². The van der Waals surface area contributed by atoms with E-state index in [0.717, 1.165) is 22.9 Å². The van der Waals surface area contributed by atoms with Crippen molar-refractivity contribution in [2.45, 2.75) is 57.8 Å². The van der Waals surface area contributed by atoms with Gasteiger partial charge in [0, 0.05) is 5.02 Å². The van der Waals surface area contributed by atoms with Gasteiger partial charge in [-0.3, -0.25) is 4.79 Å². The summed E-state index contributed by atoms with van der Waals surface area (Å²) in [5.41, 5.74) is 1.95. The predicted octanol–water partition coefficient (Wildman–Crippen LogP) is 5.04. The first kappa shape index (κ1) is 15.4. The summed E-state index contributed by atoms with van der Waals surface area (Å²) in [6, 6.07) is 5.76. The zero-order valence-corrected chi connectivity index (χ0v) is 12.8. The van der Waals surface area contributed by atoms with Gasteiger partial charge in [0.15, 0.2) is 0 Å². The summed E-state index contributed by atoms with van der Waals surface area (Å²) in [7, 11) is 0. The second-order valence-electron chi connectivity index (χ2n) is 5.97. The van der Waals surface area contributed by atoms with Crippen LogP contribution < -0.4 is 0 Å². The van der Waals surface area contributed by atoms with Crippen LogP contribution in [0.3, 0.4) is 0 Å². The van der Waals surface area contributed by atoms with E-state index in [-0.39, 0.29) is 0 Å². The van der Waals surface area contributed by atoms with E-state index in [4.69, 9.17) is 16.7 Å². The topological polar surface area (TPSA) is 37.3 Å². The number of hydrogen-bond donors (Lipinski definition) is 1. The molecule has 1 atom stereocenters. The predicted molar refractivity (Wildman–Crippen MR) is 82.4 cm³/mol. The Hall–Kier alpha value is -1.02. The molecule has 1 aliphatic carbocycles. The lowest BCUT2D eigenvalue weighted by atomic mass is 9.91. The van der Waals surface area contributed by atoms with E-state index in [1.54, 1.807) is 6.92 Å². The van der Waals surface area contributed by atoms with E-state index in [1.807, 2.05) is 18.2 Å². The third kappa shape index (κ3) is 3.99. The van der Waals surface area contributed by atoms with Gasteiger partial charge in [-0.25, -0.2) is 0 Å². The molecule has 110 valence electrons. The summed E-state index contributed by atoms with van der Waals surface area (Å²) in [6.07, 6.45) is 9.00. The average Bonchev–Trinajstić information content (AvgIpc) is 2.68. The zero-order chi connectivity index (χ0) is 14.5. The Morgan fingerprint density at radius 3 is 2.50 bits per heavy atom. The maximum absolute atomic E-state index is 11.0. The monoisotopic (exact) mass is 294 g/mol. The van der Waals surface area contributed by atoms with Crippen molar-refractivity contribution in [1.29, 1.82) is 0 Å². The molecule has 1 aromatic carbocycles. The summed E-state index contributed by atoms with van der Waals surface area (Å²) in [6.45, 7) is 1.69. The molecule has 1 aromatic rings. The second-order valence-corrected chi connectivity index (χ2v) is 6.38. The molecule has 0 radical (unpaired) electrons. The van der Waals surface area contributed by atoms with Crippen LogP contribution in [0.15, 0.2) is 18.2 Å². The van der Waals surface area contributed by atoms with E-state index >= 15 is 0 Å². The number of carbonyl (C=O) groups is 1. The van der Waals surface area contributed by atoms with Crippen LogP contribution in [0.25, 0.3) is 0 Å². The first-order chi connectivity index (χ1) is 9.58. The molecule has 0 amide bonds. The number of benzene rings is 1. The van der Waals surface area contributed by atoms with Crippen molar-refractivity contribution in [3.05, 3.63) is 34.3 Å². The normalized spacial score (nSPS) is 18.5. The first-order valence-corrected chi connectivity index (χ1v) is 7.97. The minimum Gasteiger partial charge on any atom is -0.481 e. The van der Waals surface area contributed by atoms with Gasteiger partial charge in [0.25, 0.3) is 0 Å². The van der Waals surface area contributed by atoms with Crippen molar-refractivity contribution < 1.29 is 9.90 Å². The molecule has 0 aromatic heterocycles. The van der Waals surface area contributed by atoms with Crippen LogP contribution >= 0.6 is 11.6 Å².